The Bertz CT molecular complexity index is 1030. The number of hydrogen-bond acceptors (Lipinski definition) is 6. The van der Waals surface area contributed by atoms with Crippen molar-refractivity contribution >= 4 is 0 Å². The fourth-order valence-electron chi connectivity index (χ4n) is 3.73. The van der Waals surface area contributed by atoms with Gasteiger partial charge in [-0.2, -0.15) is 0 Å². The molecule has 0 aliphatic rings. The van der Waals surface area contributed by atoms with Gasteiger partial charge in [0.2, 0.25) is 0 Å². The first kappa shape index (κ1) is 24.7. The van der Waals surface area contributed by atoms with Crippen molar-refractivity contribution in [3.8, 4) is 16.9 Å². The Labute approximate surface area is 195 Å². The zero-order valence-electron chi connectivity index (χ0n) is 19.4. The van der Waals surface area contributed by atoms with Crippen LogP contribution in [0.25, 0.3) is 11.1 Å². The molecule has 0 bridgehead atoms. The van der Waals surface area contributed by atoms with Crippen LogP contribution in [0.3, 0.4) is 0 Å². The summed E-state index contributed by atoms with van der Waals surface area (Å²) in [6, 6.07) is 14.8. The molecule has 176 valence electrons. The summed E-state index contributed by atoms with van der Waals surface area (Å²) >= 11 is 0. The number of benzene rings is 2. The van der Waals surface area contributed by atoms with Crippen molar-refractivity contribution < 1.29 is 20.1 Å². The summed E-state index contributed by atoms with van der Waals surface area (Å²) in [7, 11) is 3.81. The standard InChI is InChI=1S/C26H33N3O4/c1-5-23(29-15-14-27-26(29)18(2)31)25(32)20-12-10-19(11-13-20)22-8-6-7-9-24(22)33-17-21(16-30)28(3)4/h5-15,18,21,23,25,30-32H,1,16-17H2,2-4H3. The summed E-state index contributed by atoms with van der Waals surface area (Å²) < 4.78 is 7.76. The molecule has 3 aromatic rings. The average Bonchev–Trinajstić information content (AvgIpc) is 3.30. The van der Waals surface area contributed by atoms with Crippen LogP contribution < -0.4 is 4.74 Å². The summed E-state index contributed by atoms with van der Waals surface area (Å²) in [6.07, 6.45) is 3.36. The molecular weight excluding hydrogens is 418 g/mol. The number of para-hydroxylation sites is 1. The first-order valence-corrected chi connectivity index (χ1v) is 11.0. The molecule has 0 saturated heterocycles. The Balaban J connectivity index is 1.81. The van der Waals surface area contributed by atoms with E-state index in [1.54, 1.807) is 30.0 Å². The summed E-state index contributed by atoms with van der Waals surface area (Å²) in [5.74, 6) is 1.20. The van der Waals surface area contributed by atoms with E-state index in [2.05, 4.69) is 11.6 Å². The second-order valence-corrected chi connectivity index (χ2v) is 8.27. The van der Waals surface area contributed by atoms with Crippen LogP contribution in [-0.4, -0.2) is 63.1 Å². The van der Waals surface area contributed by atoms with Gasteiger partial charge < -0.3 is 29.5 Å². The van der Waals surface area contributed by atoms with E-state index in [1.165, 1.54) is 0 Å². The first-order chi connectivity index (χ1) is 15.9. The first-order valence-electron chi connectivity index (χ1n) is 11.0. The van der Waals surface area contributed by atoms with Crippen molar-refractivity contribution in [3.05, 3.63) is 85.0 Å². The van der Waals surface area contributed by atoms with E-state index in [-0.39, 0.29) is 12.6 Å². The van der Waals surface area contributed by atoms with Gasteiger partial charge in [-0.25, -0.2) is 4.98 Å². The van der Waals surface area contributed by atoms with E-state index < -0.39 is 18.2 Å². The van der Waals surface area contributed by atoms with Gasteiger partial charge >= 0.3 is 0 Å². The molecule has 0 radical (unpaired) electrons. The van der Waals surface area contributed by atoms with Crippen molar-refractivity contribution in [1.82, 2.24) is 14.5 Å². The Hall–Kier alpha value is -2.97. The molecule has 7 nitrogen and oxygen atoms in total. The Morgan fingerprint density at radius 3 is 2.42 bits per heavy atom. The minimum Gasteiger partial charge on any atom is -0.491 e. The predicted molar refractivity (Wildman–Crippen MR) is 129 cm³/mol. The number of rotatable bonds is 11. The Morgan fingerprint density at radius 2 is 1.82 bits per heavy atom. The summed E-state index contributed by atoms with van der Waals surface area (Å²) in [5.41, 5.74) is 2.61. The normalized spacial score (nSPS) is 15.1. The lowest BCUT2D eigenvalue weighted by Gasteiger charge is -2.24. The zero-order valence-corrected chi connectivity index (χ0v) is 19.4. The largest absolute Gasteiger partial charge is 0.491 e. The van der Waals surface area contributed by atoms with Crippen LogP contribution >= 0.6 is 0 Å². The molecule has 33 heavy (non-hydrogen) atoms. The van der Waals surface area contributed by atoms with Crippen molar-refractivity contribution in [3.63, 3.8) is 0 Å². The highest BCUT2D eigenvalue weighted by Crippen LogP contribution is 2.34. The van der Waals surface area contributed by atoms with E-state index in [4.69, 9.17) is 4.74 Å². The molecule has 0 aliphatic carbocycles. The number of likely N-dealkylation sites (N-methyl/N-ethyl adjacent to an activating group) is 1. The van der Waals surface area contributed by atoms with Crippen LogP contribution in [-0.2, 0) is 0 Å². The molecule has 0 fully saturated rings. The van der Waals surface area contributed by atoms with Gasteiger partial charge in [0.25, 0.3) is 0 Å². The average molecular weight is 452 g/mol. The van der Waals surface area contributed by atoms with Gasteiger partial charge in [-0.1, -0.05) is 48.5 Å². The maximum absolute atomic E-state index is 11.0. The van der Waals surface area contributed by atoms with Crippen molar-refractivity contribution in [2.45, 2.75) is 31.2 Å². The molecule has 0 saturated carbocycles. The van der Waals surface area contributed by atoms with Crippen LogP contribution in [0.4, 0.5) is 0 Å². The molecular formula is C26H33N3O4. The third-order valence-corrected chi connectivity index (χ3v) is 5.78. The molecule has 1 heterocycles. The van der Waals surface area contributed by atoms with Crippen LogP contribution in [0.2, 0.25) is 0 Å². The van der Waals surface area contributed by atoms with Crippen LogP contribution in [0, 0.1) is 0 Å². The monoisotopic (exact) mass is 451 g/mol. The lowest BCUT2D eigenvalue weighted by atomic mass is 9.97. The van der Waals surface area contributed by atoms with E-state index in [0.717, 1.165) is 22.4 Å². The van der Waals surface area contributed by atoms with Gasteiger partial charge in [0.15, 0.2) is 0 Å². The molecule has 2 aromatic carbocycles. The van der Waals surface area contributed by atoms with Crippen molar-refractivity contribution in [2.24, 2.45) is 0 Å². The second kappa shape index (κ2) is 11.2. The molecule has 4 unspecified atom stereocenters. The minimum atomic E-state index is -0.861. The van der Waals surface area contributed by atoms with Crippen LogP contribution in [0.5, 0.6) is 5.75 Å². The Morgan fingerprint density at radius 1 is 1.12 bits per heavy atom. The number of aliphatic hydroxyl groups is 3. The number of hydrogen-bond donors (Lipinski definition) is 3. The number of imidazole rings is 1. The van der Waals surface area contributed by atoms with E-state index >= 15 is 0 Å². The quantitative estimate of drug-likeness (QED) is 0.387. The van der Waals surface area contributed by atoms with Crippen molar-refractivity contribution in [1.29, 1.82) is 0 Å². The van der Waals surface area contributed by atoms with Gasteiger partial charge in [0, 0.05) is 18.0 Å². The second-order valence-electron chi connectivity index (χ2n) is 8.27. The van der Waals surface area contributed by atoms with Crippen LogP contribution in [0.1, 0.15) is 36.6 Å². The highest BCUT2D eigenvalue weighted by molar-refractivity contribution is 5.70. The summed E-state index contributed by atoms with van der Waals surface area (Å²) in [4.78, 5) is 6.12. The third-order valence-electron chi connectivity index (χ3n) is 5.78. The van der Waals surface area contributed by atoms with E-state index in [0.29, 0.717) is 12.4 Å². The van der Waals surface area contributed by atoms with Gasteiger partial charge in [-0.15, -0.1) is 6.58 Å². The third kappa shape index (κ3) is 5.69. The zero-order chi connectivity index (χ0) is 24.0. The molecule has 4 atom stereocenters. The lowest BCUT2D eigenvalue weighted by molar-refractivity contribution is 0.118. The highest BCUT2D eigenvalue weighted by atomic mass is 16.5. The fourth-order valence-corrected chi connectivity index (χ4v) is 3.73. The molecule has 0 aliphatic heterocycles. The molecule has 0 amide bonds. The van der Waals surface area contributed by atoms with Crippen molar-refractivity contribution in [2.75, 3.05) is 27.3 Å². The maximum atomic E-state index is 11.0. The van der Waals surface area contributed by atoms with E-state index in [1.807, 2.05) is 67.5 Å². The highest BCUT2D eigenvalue weighted by Gasteiger charge is 2.23. The summed E-state index contributed by atoms with van der Waals surface area (Å²) in [6.45, 7) is 5.89. The lowest BCUT2D eigenvalue weighted by Crippen LogP contribution is -2.36. The molecule has 3 N–H and O–H groups in total. The molecule has 3 rings (SSSR count). The number of nitrogens with zero attached hydrogens (tertiary/aromatic N) is 3. The molecule has 7 heteroatoms. The predicted octanol–water partition coefficient (Wildman–Crippen LogP) is 3.37. The van der Waals surface area contributed by atoms with Gasteiger partial charge in [-0.3, -0.25) is 0 Å². The Kier molecular flexibility index (Phi) is 8.41. The topological polar surface area (TPSA) is 91.0 Å². The van der Waals surface area contributed by atoms with Gasteiger partial charge in [0.05, 0.1) is 18.7 Å². The maximum Gasteiger partial charge on any atom is 0.137 e. The van der Waals surface area contributed by atoms with E-state index in [9.17, 15) is 15.3 Å². The number of aromatic nitrogens is 2. The minimum absolute atomic E-state index is 0.0138. The van der Waals surface area contributed by atoms with Gasteiger partial charge in [0.1, 0.15) is 30.4 Å². The smallest absolute Gasteiger partial charge is 0.137 e. The number of ether oxygens (including phenoxy) is 1. The SMILES string of the molecule is C=CC(C(O)c1ccc(-c2ccccc2OCC(CO)N(C)C)cc1)n1ccnc1C(C)O. The number of aliphatic hydroxyl groups excluding tert-OH is 3. The van der Waals surface area contributed by atoms with Gasteiger partial charge in [-0.05, 0) is 38.2 Å². The molecule has 0 spiro atoms. The van der Waals surface area contributed by atoms with Crippen LogP contribution in [0.15, 0.2) is 73.6 Å². The fraction of sp³-hybridized carbons (Fsp3) is 0.346. The molecule has 1 aromatic heterocycles. The summed E-state index contributed by atoms with van der Waals surface area (Å²) in [5, 5.41) is 30.6.